The minimum Gasteiger partial charge on any atom is -0.444 e. The van der Waals surface area contributed by atoms with Gasteiger partial charge in [0, 0.05) is 35.4 Å². The maximum atomic E-state index is 13.5. The Balaban J connectivity index is 1.11. The van der Waals surface area contributed by atoms with Crippen molar-refractivity contribution in [3.8, 4) is 11.5 Å². The van der Waals surface area contributed by atoms with Crippen molar-refractivity contribution >= 4 is 34.9 Å². The lowest BCUT2D eigenvalue weighted by atomic mass is 9.70. The van der Waals surface area contributed by atoms with Crippen molar-refractivity contribution in [2.45, 2.75) is 180 Å². The van der Waals surface area contributed by atoms with Gasteiger partial charge in [0.25, 0.3) is 0 Å². The molecule has 0 radical (unpaired) electrons. The largest absolute Gasteiger partial charge is 0.444 e. The number of rotatable bonds is 18. The Morgan fingerprint density at radius 3 is 1.77 bits per heavy atom. The molecule has 3 aliphatic rings. The van der Waals surface area contributed by atoms with Crippen LogP contribution in [0.15, 0.2) is 66.7 Å². The second kappa shape index (κ2) is 23.3. The summed E-state index contributed by atoms with van der Waals surface area (Å²) in [6, 6.07) is 21.3. The second-order valence-electron chi connectivity index (χ2n) is 20.4. The van der Waals surface area contributed by atoms with E-state index >= 15 is 0 Å². The van der Waals surface area contributed by atoms with Gasteiger partial charge in [-0.1, -0.05) is 75.1 Å². The molecule has 2 saturated heterocycles. The number of fused-ring (bicyclic) bond motifs is 1. The Bertz CT molecular complexity index is 2120. The number of esters is 2. The van der Waals surface area contributed by atoms with Crippen LogP contribution in [-0.2, 0) is 49.1 Å². The van der Waals surface area contributed by atoms with E-state index in [4.69, 9.17) is 18.9 Å². The number of aryl methyl sites for hydroxylation is 3. The maximum Gasteiger partial charge on any atom is 0.411 e. The lowest BCUT2D eigenvalue weighted by Crippen LogP contribution is -2.44. The minimum absolute atomic E-state index is 0.204. The van der Waals surface area contributed by atoms with Gasteiger partial charge in [-0.05, 0) is 176 Å². The van der Waals surface area contributed by atoms with E-state index < -0.39 is 58.2 Å². The first-order chi connectivity index (χ1) is 31.5. The molecule has 4 unspecified atom stereocenters. The van der Waals surface area contributed by atoms with E-state index in [1.807, 2.05) is 65.8 Å². The number of benzene rings is 3. The molecule has 5 atom stereocenters. The normalized spacial score (nSPS) is 20.1. The third-order valence-corrected chi connectivity index (χ3v) is 14.3. The Morgan fingerprint density at radius 2 is 1.20 bits per heavy atom. The van der Waals surface area contributed by atoms with Crippen LogP contribution in [0.3, 0.4) is 0 Å². The number of ether oxygens (including phenoxy) is 4. The Morgan fingerprint density at radius 1 is 0.636 bits per heavy atom. The number of hydrogen-bond donors (Lipinski definition) is 0. The van der Waals surface area contributed by atoms with Crippen LogP contribution in [0.25, 0.3) is 0 Å². The SMILES string of the molecule is CCCCCCS(=O)CCc1ccc(CCCCC2c3ccc(OC(=O)[C@@H]4CCCN4C(=O)OC(C)(C)C)cc3CCC2c2ccc(OC(=O)C3CCCN3C(=O)OC(C)(C)C)cc2)cc1. The molecule has 6 rings (SSSR count). The van der Waals surface area contributed by atoms with Gasteiger partial charge in [0.2, 0.25) is 0 Å². The van der Waals surface area contributed by atoms with Crippen molar-refractivity contribution in [1.82, 2.24) is 9.80 Å². The van der Waals surface area contributed by atoms with E-state index in [0.717, 1.165) is 80.4 Å². The molecule has 2 aliphatic heterocycles. The van der Waals surface area contributed by atoms with E-state index in [0.29, 0.717) is 50.3 Å². The Hall–Kier alpha value is -4.71. The monoisotopic (exact) mass is 927 g/mol. The van der Waals surface area contributed by atoms with E-state index in [2.05, 4.69) is 49.4 Å². The predicted molar refractivity (Wildman–Crippen MR) is 260 cm³/mol. The fourth-order valence-electron chi connectivity index (χ4n) is 9.55. The summed E-state index contributed by atoms with van der Waals surface area (Å²) in [5.41, 5.74) is 4.77. The molecule has 360 valence electrons. The van der Waals surface area contributed by atoms with Crippen LogP contribution in [0.4, 0.5) is 9.59 Å². The zero-order chi connectivity index (χ0) is 47.4. The average Bonchev–Trinajstić information content (AvgIpc) is 3.97. The van der Waals surface area contributed by atoms with Gasteiger partial charge >= 0.3 is 24.1 Å². The van der Waals surface area contributed by atoms with Crippen LogP contribution in [0.5, 0.6) is 11.5 Å². The predicted octanol–water partition coefficient (Wildman–Crippen LogP) is 11.4. The van der Waals surface area contributed by atoms with Crippen molar-refractivity contribution in [3.05, 3.63) is 94.5 Å². The van der Waals surface area contributed by atoms with E-state index in [-0.39, 0.29) is 11.8 Å². The molecule has 0 bridgehead atoms. The number of likely N-dealkylation sites (tertiary alicyclic amines) is 2. The van der Waals surface area contributed by atoms with Gasteiger partial charge in [-0.15, -0.1) is 0 Å². The summed E-state index contributed by atoms with van der Waals surface area (Å²) >= 11 is 0. The van der Waals surface area contributed by atoms with Gasteiger partial charge in [0.1, 0.15) is 34.8 Å². The van der Waals surface area contributed by atoms with Crippen molar-refractivity contribution < 1.29 is 42.3 Å². The summed E-state index contributed by atoms with van der Waals surface area (Å²) in [6.07, 6.45) is 12.6. The molecule has 2 amide bonds. The molecule has 66 heavy (non-hydrogen) atoms. The highest BCUT2D eigenvalue weighted by Crippen LogP contribution is 2.46. The van der Waals surface area contributed by atoms with Crippen molar-refractivity contribution in [1.29, 1.82) is 0 Å². The summed E-state index contributed by atoms with van der Waals surface area (Å²) in [5.74, 6) is 1.94. The molecule has 1 aliphatic carbocycles. The maximum absolute atomic E-state index is 13.5. The third-order valence-electron chi connectivity index (χ3n) is 12.9. The van der Waals surface area contributed by atoms with Crippen molar-refractivity contribution in [2.75, 3.05) is 24.6 Å². The van der Waals surface area contributed by atoms with Gasteiger partial charge < -0.3 is 18.9 Å². The highest BCUT2D eigenvalue weighted by Gasteiger charge is 2.40. The van der Waals surface area contributed by atoms with Crippen LogP contribution < -0.4 is 9.47 Å². The molecule has 3 aromatic rings. The van der Waals surface area contributed by atoms with Crippen molar-refractivity contribution in [3.63, 3.8) is 0 Å². The first-order valence-electron chi connectivity index (χ1n) is 24.6. The third kappa shape index (κ3) is 14.6. The fourth-order valence-corrected chi connectivity index (χ4v) is 10.7. The summed E-state index contributed by atoms with van der Waals surface area (Å²) < 4.78 is 35.5. The Labute approximate surface area is 396 Å². The molecule has 0 spiro atoms. The number of nitrogens with zero attached hydrogens (tertiary/aromatic N) is 2. The molecule has 0 N–H and O–H groups in total. The highest BCUT2D eigenvalue weighted by atomic mass is 32.2. The topological polar surface area (TPSA) is 129 Å². The molecule has 0 aromatic heterocycles. The van der Waals surface area contributed by atoms with Crippen LogP contribution in [-0.4, -0.2) is 86.0 Å². The van der Waals surface area contributed by atoms with Gasteiger partial charge in [-0.25, -0.2) is 19.2 Å². The molecule has 2 heterocycles. The van der Waals surface area contributed by atoms with Crippen molar-refractivity contribution in [2.24, 2.45) is 0 Å². The number of amides is 2. The molecule has 3 aromatic carbocycles. The minimum atomic E-state index is -0.766. The summed E-state index contributed by atoms with van der Waals surface area (Å²) in [6.45, 7) is 14.0. The van der Waals surface area contributed by atoms with Gasteiger partial charge in [0.15, 0.2) is 0 Å². The zero-order valence-electron chi connectivity index (χ0n) is 40.6. The van der Waals surface area contributed by atoms with E-state index in [1.165, 1.54) is 39.3 Å². The fraction of sp³-hybridized carbons (Fsp3) is 0.593. The van der Waals surface area contributed by atoms with Crippen LogP contribution in [0.1, 0.15) is 165 Å². The summed E-state index contributed by atoms with van der Waals surface area (Å²) in [4.78, 5) is 55.6. The molecule has 12 heteroatoms. The second-order valence-corrected chi connectivity index (χ2v) is 22.1. The number of hydrogen-bond acceptors (Lipinski definition) is 9. The van der Waals surface area contributed by atoms with E-state index in [9.17, 15) is 23.4 Å². The smallest absolute Gasteiger partial charge is 0.411 e. The molecular weight excluding hydrogens is 853 g/mol. The number of unbranched alkanes of at least 4 members (excludes halogenated alkanes) is 4. The van der Waals surface area contributed by atoms with Gasteiger partial charge in [-0.2, -0.15) is 0 Å². The average molecular weight is 927 g/mol. The molecule has 11 nitrogen and oxygen atoms in total. The standard InChI is InChI=1S/C54H74N2O9S/c1-8-9-10-13-35-66(61)36-32-39-22-20-38(21-23-39)16-11-12-17-46-44(40-24-27-42(28-25-40)62-49(57)47-18-14-33-55(47)51(59)64-53(2,3)4)30-26-41-37-43(29-31-45(41)46)63-50(58)48-19-15-34-56(48)52(60)65-54(5,6)7/h20-25,27-29,31,37,44,46-48H,8-19,26,30,32-36H2,1-7H3/t44?,46?,47?,48-,66?/m0/s1. The van der Waals surface area contributed by atoms with Gasteiger partial charge in [0.05, 0.1) is 0 Å². The quantitative estimate of drug-likeness (QED) is 0.0695. The molecule has 0 saturated carbocycles. The lowest BCUT2D eigenvalue weighted by molar-refractivity contribution is -0.140. The molecular formula is C54H74N2O9S. The first kappa shape index (κ1) is 50.7. The Kier molecular flexibility index (Phi) is 17.9. The highest BCUT2D eigenvalue weighted by molar-refractivity contribution is 7.84. The van der Waals surface area contributed by atoms with E-state index in [1.54, 1.807) is 0 Å². The van der Waals surface area contributed by atoms with Crippen LogP contribution in [0, 0.1) is 0 Å². The lowest BCUT2D eigenvalue weighted by Gasteiger charge is -2.35. The zero-order valence-corrected chi connectivity index (χ0v) is 41.4. The summed E-state index contributed by atoms with van der Waals surface area (Å²) in [7, 11) is -0.766. The number of carbonyl (C=O) groups is 4. The van der Waals surface area contributed by atoms with Crippen LogP contribution >= 0.6 is 0 Å². The summed E-state index contributed by atoms with van der Waals surface area (Å²) in [5, 5.41) is 0. The number of carbonyl (C=O) groups excluding carboxylic acids is 4. The van der Waals surface area contributed by atoms with Crippen LogP contribution in [0.2, 0.25) is 0 Å². The van der Waals surface area contributed by atoms with Gasteiger partial charge in [-0.3, -0.25) is 14.0 Å². The first-order valence-corrected chi connectivity index (χ1v) is 26.0. The molecule has 2 fully saturated rings.